The van der Waals surface area contributed by atoms with E-state index >= 15 is 0 Å². The lowest BCUT2D eigenvalue weighted by molar-refractivity contribution is 0.0887. The largest absolute Gasteiger partial charge is 0.377 e. The van der Waals surface area contributed by atoms with Gasteiger partial charge in [0.25, 0.3) is 0 Å². The summed E-state index contributed by atoms with van der Waals surface area (Å²) >= 11 is 0. The van der Waals surface area contributed by atoms with Crippen LogP contribution in [-0.4, -0.2) is 34.9 Å². The van der Waals surface area contributed by atoms with Gasteiger partial charge in [-0.25, -0.2) is 0 Å². The van der Waals surface area contributed by atoms with Gasteiger partial charge in [0.2, 0.25) is 0 Å². The average Bonchev–Trinajstić information content (AvgIpc) is 2.84. The van der Waals surface area contributed by atoms with Crippen LogP contribution in [0.2, 0.25) is 0 Å². The third-order valence-electron chi connectivity index (χ3n) is 3.14. The van der Waals surface area contributed by atoms with E-state index in [1.165, 1.54) is 0 Å². The van der Waals surface area contributed by atoms with Crippen LogP contribution < -0.4 is 0 Å². The molecular formula is C12H20N2O2. The van der Waals surface area contributed by atoms with Crippen LogP contribution in [0.5, 0.6) is 0 Å². The minimum absolute atomic E-state index is 0.376. The maximum Gasteiger partial charge on any atom is 0.150 e. The summed E-state index contributed by atoms with van der Waals surface area (Å²) in [5.41, 5.74) is 0. The summed E-state index contributed by atoms with van der Waals surface area (Å²) in [6.07, 6.45) is 3.18. The number of hydrogen-bond acceptors (Lipinski definition) is 4. The predicted octanol–water partition coefficient (Wildman–Crippen LogP) is 2.06. The Bertz CT molecular complexity index is 311. The molecule has 2 atom stereocenters. The number of aromatic nitrogens is 1. The van der Waals surface area contributed by atoms with Gasteiger partial charge in [0.05, 0.1) is 25.5 Å². The van der Waals surface area contributed by atoms with Gasteiger partial charge in [0.1, 0.15) is 0 Å². The predicted molar refractivity (Wildman–Crippen MR) is 61.0 cm³/mol. The van der Waals surface area contributed by atoms with Crippen LogP contribution >= 0.6 is 0 Å². The van der Waals surface area contributed by atoms with Crippen LogP contribution in [0.4, 0.5) is 0 Å². The van der Waals surface area contributed by atoms with Gasteiger partial charge in [-0.05, 0) is 27.2 Å². The van der Waals surface area contributed by atoms with Gasteiger partial charge in [0.15, 0.2) is 5.76 Å². The van der Waals surface area contributed by atoms with E-state index in [0.29, 0.717) is 18.2 Å². The van der Waals surface area contributed by atoms with E-state index in [1.54, 1.807) is 6.20 Å². The first kappa shape index (κ1) is 11.6. The Balaban J connectivity index is 2.00. The van der Waals surface area contributed by atoms with Gasteiger partial charge < -0.3 is 9.26 Å². The first-order valence-corrected chi connectivity index (χ1v) is 5.93. The van der Waals surface area contributed by atoms with E-state index in [-0.39, 0.29) is 0 Å². The molecule has 1 saturated heterocycles. The summed E-state index contributed by atoms with van der Waals surface area (Å²) in [4.78, 5) is 2.42. The summed E-state index contributed by atoms with van der Waals surface area (Å²) in [6.45, 7) is 8.19. The molecule has 0 aliphatic carbocycles. The van der Waals surface area contributed by atoms with Gasteiger partial charge >= 0.3 is 0 Å². The normalized spacial score (nSPS) is 25.8. The average molecular weight is 224 g/mol. The molecule has 1 aliphatic heterocycles. The monoisotopic (exact) mass is 224 g/mol. The summed E-state index contributed by atoms with van der Waals surface area (Å²) in [5, 5.41) is 3.74. The molecule has 90 valence electrons. The van der Waals surface area contributed by atoms with Crippen LogP contribution in [0, 0.1) is 0 Å². The molecule has 1 aliphatic rings. The molecule has 0 bridgehead atoms. The fourth-order valence-corrected chi connectivity index (χ4v) is 2.26. The highest BCUT2D eigenvalue weighted by Gasteiger charge is 2.29. The number of hydrogen-bond donors (Lipinski definition) is 0. The maximum atomic E-state index is 5.63. The first-order chi connectivity index (χ1) is 7.66. The summed E-state index contributed by atoms with van der Waals surface area (Å²) < 4.78 is 10.8. The highest BCUT2D eigenvalue weighted by Crippen LogP contribution is 2.22. The molecule has 0 spiro atoms. The highest BCUT2D eigenvalue weighted by atomic mass is 16.5. The molecule has 0 N–H and O–H groups in total. The molecule has 4 heteroatoms. The molecule has 1 fully saturated rings. The summed E-state index contributed by atoms with van der Waals surface area (Å²) in [7, 11) is 0. The molecule has 2 rings (SSSR count). The maximum absolute atomic E-state index is 5.63. The molecule has 0 radical (unpaired) electrons. The van der Waals surface area contributed by atoms with E-state index in [1.807, 2.05) is 6.07 Å². The van der Waals surface area contributed by atoms with E-state index in [2.05, 4.69) is 30.8 Å². The van der Waals surface area contributed by atoms with Crippen LogP contribution in [-0.2, 0) is 11.3 Å². The second-order valence-corrected chi connectivity index (χ2v) is 4.78. The van der Waals surface area contributed by atoms with Crippen molar-refractivity contribution >= 4 is 0 Å². The number of rotatable bonds is 4. The van der Waals surface area contributed by atoms with Gasteiger partial charge in [-0.3, -0.25) is 4.90 Å². The Morgan fingerprint density at radius 2 is 2.38 bits per heavy atom. The van der Waals surface area contributed by atoms with Crippen molar-refractivity contribution < 1.29 is 9.26 Å². The molecule has 0 amide bonds. The van der Waals surface area contributed by atoms with Crippen molar-refractivity contribution in [1.82, 2.24) is 10.1 Å². The molecule has 0 aromatic carbocycles. The van der Waals surface area contributed by atoms with Crippen molar-refractivity contribution in [3.8, 4) is 0 Å². The Labute approximate surface area is 96.5 Å². The standard InChI is InChI=1S/C12H20N2O2/c1-9(2)14(7-12-4-5-13-16-12)11-6-10(3)15-8-11/h4-5,9-11H,6-8H2,1-3H3. The Morgan fingerprint density at radius 1 is 1.56 bits per heavy atom. The zero-order chi connectivity index (χ0) is 11.5. The van der Waals surface area contributed by atoms with Crippen LogP contribution in [0.15, 0.2) is 16.8 Å². The third kappa shape index (κ3) is 2.62. The lowest BCUT2D eigenvalue weighted by atomic mass is 10.1. The molecule has 2 heterocycles. The van der Waals surface area contributed by atoms with E-state index in [0.717, 1.165) is 25.3 Å². The van der Waals surface area contributed by atoms with Crippen molar-refractivity contribution in [3.63, 3.8) is 0 Å². The quantitative estimate of drug-likeness (QED) is 0.784. The molecule has 1 aromatic rings. The Morgan fingerprint density at radius 3 is 2.88 bits per heavy atom. The van der Waals surface area contributed by atoms with Gasteiger partial charge in [-0.2, -0.15) is 0 Å². The summed E-state index contributed by atoms with van der Waals surface area (Å²) in [5.74, 6) is 0.924. The van der Waals surface area contributed by atoms with Crippen LogP contribution in [0.3, 0.4) is 0 Å². The lowest BCUT2D eigenvalue weighted by Crippen LogP contribution is -2.40. The lowest BCUT2D eigenvalue weighted by Gasteiger charge is -2.30. The topological polar surface area (TPSA) is 38.5 Å². The van der Waals surface area contributed by atoms with E-state index in [9.17, 15) is 0 Å². The Kier molecular flexibility index (Phi) is 3.61. The van der Waals surface area contributed by atoms with Crippen molar-refractivity contribution in [3.05, 3.63) is 18.0 Å². The van der Waals surface area contributed by atoms with E-state index < -0.39 is 0 Å². The summed E-state index contributed by atoms with van der Waals surface area (Å²) in [6, 6.07) is 2.92. The first-order valence-electron chi connectivity index (χ1n) is 5.93. The third-order valence-corrected chi connectivity index (χ3v) is 3.14. The molecule has 0 saturated carbocycles. The number of ether oxygens (including phenoxy) is 1. The van der Waals surface area contributed by atoms with Crippen LogP contribution in [0.25, 0.3) is 0 Å². The molecule has 16 heavy (non-hydrogen) atoms. The second-order valence-electron chi connectivity index (χ2n) is 4.78. The fourth-order valence-electron chi connectivity index (χ4n) is 2.26. The minimum Gasteiger partial charge on any atom is -0.377 e. The van der Waals surface area contributed by atoms with Crippen molar-refractivity contribution in [2.75, 3.05) is 6.61 Å². The van der Waals surface area contributed by atoms with Gasteiger partial charge in [0, 0.05) is 18.2 Å². The van der Waals surface area contributed by atoms with Gasteiger partial charge in [-0.15, -0.1) is 0 Å². The Hall–Kier alpha value is -0.870. The number of nitrogens with zero attached hydrogens (tertiary/aromatic N) is 2. The van der Waals surface area contributed by atoms with Gasteiger partial charge in [-0.1, -0.05) is 5.16 Å². The zero-order valence-electron chi connectivity index (χ0n) is 10.2. The molecule has 4 nitrogen and oxygen atoms in total. The minimum atomic E-state index is 0.376. The fraction of sp³-hybridized carbons (Fsp3) is 0.750. The highest BCUT2D eigenvalue weighted by molar-refractivity contribution is 4.95. The molecule has 1 aromatic heterocycles. The van der Waals surface area contributed by atoms with Crippen molar-refractivity contribution in [2.45, 2.75) is 51.9 Å². The zero-order valence-corrected chi connectivity index (χ0v) is 10.2. The van der Waals surface area contributed by atoms with E-state index in [4.69, 9.17) is 9.26 Å². The second kappa shape index (κ2) is 4.97. The van der Waals surface area contributed by atoms with Crippen molar-refractivity contribution in [2.24, 2.45) is 0 Å². The van der Waals surface area contributed by atoms with Crippen LogP contribution in [0.1, 0.15) is 33.0 Å². The SMILES string of the molecule is CC1CC(N(Cc2ccno2)C(C)C)CO1. The van der Waals surface area contributed by atoms with Crippen molar-refractivity contribution in [1.29, 1.82) is 0 Å². The molecule has 2 unspecified atom stereocenters. The smallest absolute Gasteiger partial charge is 0.150 e. The molecular weight excluding hydrogens is 204 g/mol.